The number of carbonyl (C=O) groups excluding carboxylic acids is 2. The van der Waals surface area contributed by atoms with Gasteiger partial charge in [-0.2, -0.15) is 0 Å². The molecule has 0 bridgehead atoms. The predicted molar refractivity (Wildman–Crippen MR) is 114 cm³/mol. The highest BCUT2D eigenvalue weighted by Gasteiger charge is 2.19. The molecule has 148 valence electrons. The van der Waals surface area contributed by atoms with Crippen LogP contribution >= 0.6 is 11.6 Å². The second-order valence-electron chi connectivity index (χ2n) is 6.40. The molecule has 29 heavy (non-hydrogen) atoms. The lowest BCUT2D eigenvalue weighted by Gasteiger charge is -2.19. The average Bonchev–Trinajstić information content (AvgIpc) is 2.74. The Labute approximate surface area is 174 Å². The molecule has 1 atom stereocenters. The Bertz CT molecular complexity index is 978. The summed E-state index contributed by atoms with van der Waals surface area (Å²) in [5.41, 5.74) is 1.94. The highest BCUT2D eigenvalue weighted by atomic mass is 35.5. The normalized spacial score (nSPS) is 11.4. The van der Waals surface area contributed by atoms with E-state index in [0.29, 0.717) is 22.0 Å². The highest BCUT2D eigenvalue weighted by molar-refractivity contribution is 6.32. The number of rotatable bonds is 7. The van der Waals surface area contributed by atoms with E-state index < -0.39 is 6.04 Å². The maximum absolute atomic E-state index is 12.6. The molecule has 0 fully saturated rings. The van der Waals surface area contributed by atoms with Gasteiger partial charge in [-0.25, -0.2) is 0 Å². The first-order chi connectivity index (χ1) is 14.1. The van der Waals surface area contributed by atoms with Gasteiger partial charge in [-0.05, 0) is 35.9 Å². The van der Waals surface area contributed by atoms with E-state index in [-0.39, 0.29) is 18.2 Å². The molecule has 1 unspecified atom stereocenters. The van der Waals surface area contributed by atoms with Crippen LogP contribution in [0.4, 0.5) is 5.69 Å². The number of ether oxygens (including phenoxy) is 1. The van der Waals surface area contributed by atoms with Crippen molar-refractivity contribution >= 4 is 29.1 Å². The molecule has 0 saturated heterocycles. The maximum atomic E-state index is 12.6. The Hall–Kier alpha value is -3.31. The first-order valence-corrected chi connectivity index (χ1v) is 9.49. The summed E-state index contributed by atoms with van der Waals surface area (Å²) in [6.45, 7) is 0. The van der Waals surface area contributed by atoms with E-state index in [1.54, 1.807) is 42.5 Å². The fourth-order valence-corrected chi connectivity index (χ4v) is 3.17. The number of nitrogens with one attached hydrogen (secondary N) is 2. The zero-order valence-corrected chi connectivity index (χ0v) is 16.6. The first kappa shape index (κ1) is 20.4. The molecule has 3 aromatic carbocycles. The molecule has 2 N–H and O–H groups in total. The van der Waals surface area contributed by atoms with Gasteiger partial charge in [0.2, 0.25) is 5.91 Å². The van der Waals surface area contributed by atoms with Crippen LogP contribution in [0.1, 0.15) is 28.4 Å². The quantitative estimate of drug-likeness (QED) is 0.587. The summed E-state index contributed by atoms with van der Waals surface area (Å²) in [5, 5.41) is 6.17. The van der Waals surface area contributed by atoms with Crippen molar-refractivity contribution in [1.82, 2.24) is 5.32 Å². The lowest BCUT2D eigenvalue weighted by molar-refractivity contribution is -0.116. The van der Waals surface area contributed by atoms with Gasteiger partial charge < -0.3 is 15.4 Å². The van der Waals surface area contributed by atoms with Gasteiger partial charge in [-0.3, -0.25) is 9.59 Å². The largest absolute Gasteiger partial charge is 0.495 e. The van der Waals surface area contributed by atoms with E-state index in [4.69, 9.17) is 16.3 Å². The lowest BCUT2D eigenvalue weighted by Crippen LogP contribution is -2.31. The highest BCUT2D eigenvalue weighted by Crippen LogP contribution is 2.27. The minimum absolute atomic E-state index is 0.0756. The van der Waals surface area contributed by atoms with E-state index in [1.165, 1.54) is 7.11 Å². The van der Waals surface area contributed by atoms with Crippen LogP contribution in [0.3, 0.4) is 0 Å². The molecule has 0 heterocycles. The van der Waals surface area contributed by atoms with E-state index in [2.05, 4.69) is 10.6 Å². The Kier molecular flexibility index (Phi) is 6.87. The number of methoxy groups -OCH3 is 1. The molecule has 0 aromatic heterocycles. The number of benzene rings is 3. The fourth-order valence-electron chi connectivity index (χ4n) is 2.91. The van der Waals surface area contributed by atoms with Crippen LogP contribution in [0.15, 0.2) is 78.9 Å². The smallest absolute Gasteiger partial charge is 0.251 e. The molecule has 3 aromatic rings. The van der Waals surface area contributed by atoms with E-state index in [9.17, 15) is 9.59 Å². The van der Waals surface area contributed by atoms with Crippen molar-refractivity contribution in [3.63, 3.8) is 0 Å². The van der Waals surface area contributed by atoms with Crippen LogP contribution in [0.5, 0.6) is 5.75 Å². The lowest BCUT2D eigenvalue weighted by atomic mass is 10.0. The number of halogens is 1. The van der Waals surface area contributed by atoms with Gasteiger partial charge in [0, 0.05) is 11.3 Å². The monoisotopic (exact) mass is 408 g/mol. The molecule has 3 rings (SSSR count). The Morgan fingerprint density at radius 1 is 0.966 bits per heavy atom. The predicted octanol–water partition coefficient (Wildman–Crippen LogP) is 4.85. The minimum atomic E-state index is -0.474. The topological polar surface area (TPSA) is 67.4 Å². The Morgan fingerprint density at radius 3 is 2.24 bits per heavy atom. The Balaban J connectivity index is 1.73. The zero-order chi connectivity index (χ0) is 20.6. The van der Waals surface area contributed by atoms with Crippen molar-refractivity contribution < 1.29 is 14.3 Å². The average molecular weight is 409 g/mol. The van der Waals surface area contributed by atoms with Crippen molar-refractivity contribution in [2.24, 2.45) is 0 Å². The fraction of sp³-hybridized carbons (Fsp3) is 0.130. The Morgan fingerprint density at radius 2 is 1.62 bits per heavy atom. The standard InChI is InChI=1S/C23H21ClN2O3/c1-29-21-13-12-18(14-19(21)24)25-22(27)15-20(16-8-4-2-5-9-16)26-23(28)17-10-6-3-7-11-17/h2-14,20H,15H2,1H3,(H,25,27)(H,26,28). The van der Waals surface area contributed by atoms with Crippen molar-refractivity contribution in [3.05, 3.63) is 95.0 Å². The van der Waals surface area contributed by atoms with Gasteiger partial charge in [0.15, 0.2) is 0 Å². The van der Waals surface area contributed by atoms with Crippen LogP contribution in [0.25, 0.3) is 0 Å². The van der Waals surface area contributed by atoms with Crippen molar-refractivity contribution in [3.8, 4) is 5.75 Å². The molecule has 2 amide bonds. The minimum Gasteiger partial charge on any atom is -0.495 e. The second-order valence-corrected chi connectivity index (χ2v) is 6.81. The summed E-state index contributed by atoms with van der Waals surface area (Å²) in [6.07, 6.45) is 0.0756. The number of hydrogen-bond donors (Lipinski definition) is 2. The summed E-state index contributed by atoms with van der Waals surface area (Å²) < 4.78 is 5.12. The van der Waals surface area contributed by atoms with Crippen molar-refractivity contribution in [2.75, 3.05) is 12.4 Å². The third kappa shape index (κ3) is 5.59. The van der Waals surface area contributed by atoms with E-state index in [0.717, 1.165) is 5.56 Å². The number of anilines is 1. The SMILES string of the molecule is COc1ccc(NC(=O)CC(NC(=O)c2ccccc2)c2ccccc2)cc1Cl. The van der Waals surface area contributed by atoms with Crippen molar-refractivity contribution in [1.29, 1.82) is 0 Å². The number of amides is 2. The molecular weight excluding hydrogens is 388 g/mol. The van der Waals surface area contributed by atoms with Gasteiger partial charge in [-0.15, -0.1) is 0 Å². The third-order valence-electron chi connectivity index (χ3n) is 4.37. The van der Waals surface area contributed by atoms with Crippen LogP contribution in [-0.4, -0.2) is 18.9 Å². The molecule has 0 aliphatic heterocycles. The van der Waals surface area contributed by atoms with Gasteiger partial charge in [-0.1, -0.05) is 60.1 Å². The van der Waals surface area contributed by atoms with Gasteiger partial charge in [0.05, 0.1) is 24.6 Å². The molecule has 6 heteroatoms. The van der Waals surface area contributed by atoms with E-state index in [1.807, 2.05) is 36.4 Å². The summed E-state index contributed by atoms with van der Waals surface area (Å²) in [5.74, 6) is 0.0511. The molecule has 0 radical (unpaired) electrons. The van der Waals surface area contributed by atoms with Gasteiger partial charge in [0.25, 0.3) is 5.91 Å². The molecule has 0 aliphatic rings. The summed E-state index contributed by atoms with van der Waals surface area (Å²) >= 11 is 6.12. The molecule has 5 nitrogen and oxygen atoms in total. The summed E-state index contributed by atoms with van der Waals surface area (Å²) in [6, 6.07) is 22.9. The summed E-state index contributed by atoms with van der Waals surface area (Å²) in [4.78, 5) is 25.3. The third-order valence-corrected chi connectivity index (χ3v) is 4.66. The first-order valence-electron chi connectivity index (χ1n) is 9.11. The second kappa shape index (κ2) is 9.75. The molecular formula is C23H21ClN2O3. The van der Waals surface area contributed by atoms with E-state index >= 15 is 0 Å². The van der Waals surface area contributed by atoms with Crippen LogP contribution < -0.4 is 15.4 Å². The molecule has 0 spiro atoms. The molecule has 0 aliphatic carbocycles. The number of carbonyl (C=O) groups is 2. The van der Waals surface area contributed by atoms with Gasteiger partial charge in [0.1, 0.15) is 5.75 Å². The summed E-state index contributed by atoms with van der Waals surface area (Å²) in [7, 11) is 1.53. The van der Waals surface area contributed by atoms with Crippen LogP contribution in [-0.2, 0) is 4.79 Å². The van der Waals surface area contributed by atoms with Crippen LogP contribution in [0, 0.1) is 0 Å². The molecule has 0 saturated carbocycles. The number of hydrogen-bond acceptors (Lipinski definition) is 3. The maximum Gasteiger partial charge on any atom is 0.251 e. The van der Waals surface area contributed by atoms with Gasteiger partial charge >= 0.3 is 0 Å². The van der Waals surface area contributed by atoms with Crippen molar-refractivity contribution in [2.45, 2.75) is 12.5 Å². The zero-order valence-electron chi connectivity index (χ0n) is 15.9. The van der Waals surface area contributed by atoms with Crippen LogP contribution in [0.2, 0.25) is 5.02 Å².